The number of nitrogens with one attached hydrogen (secondary N) is 1. The summed E-state index contributed by atoms with van der Waals surface area (Å²) >= 11 is 1.67. The van der Waals surface area contributed by atoms with Crippen LogP contribution >= 0.6 is 11.8 Å². The molecule has 0 atom stereocenters. The molecule has 1 aromatic heterocycles. The monoisotopic (exact) mass is 280 g/mol. The van der Waals surface area contributed by atoms with Gasteiger partial charge in [-0.05, 0) is 28.7 Å². The van der Waals surface area contributed by atoms with Gasteiger partial charge in [0.05, 0.1) is 12.6 Å². The zero-order chi connectivity index (χ0) is 13.7. The van der Waals surface area contributed by atoms with Crippen molar-refractivity contribution in [1.82, 2.24) is 25.5 Å². The van der Waals surface area contributed by atoms with Gasteiger partial charge in [0, 0.05) is 24.8 Å². The van der Waals surface area contributed by atoms with Gasteiger partial charge in [-0.25, -0.2) is 4.68 Å². The van der Waals surface area contributed by atoms with Gasteiger partial charge in [-0.2, -0.15) is 5.26 Å². The van der Waals surface area contributed by atoms with Crippen LogP contribution in [0.3, 0.4) is 0 Å². The van der Waals surface area contributed by atoms with Crippen molar-refractivity contribution in [2.75, 3.05) is 12.3 Å². The lowest BCUT2D eigenvalue weighted by atomic mass is 10.1. The number of thioether (sulfide) groups is 1. The van der Waals surface area contributed by atoms with E-state index >= 15 is 0 Å². The van der Waals surface area contributed by atoms with Crippen LogP contribution in [-0.4, -0.2) is 38.5 Å². The summed E-state index contributed by atoms with van der Waals surface area (Å²) in [7, 11) is 0. The topological polar surface area (TPSA) is 79.4 Å². The fourth-order valence-electron chi connectivity index (χ4n) is 1.83. The molecule has 7 heteroatoms. The maximum atomic E-state index is 8.81. The van der Waals surface area contributed by atoms with E-state index in [-0.39, 0.29) is 5.41 Å². The van der Waals surface area contributed by atoms with E-state index in [9.17, 15) is 0 Å². The van der Waals surface area contributed by atoms with E-state index in [1.807, 2.05) is 4.68 Å². The molecule has 0 spiro atoms. The molecule has 1 fully saturated rings. The normalized spacial score (nSPS) is 16.5. The van der Waals surface area contributed by atoms with Gasteiger partial charge < -0.3 is 5.32 Å². The fourth-order valence-corrected chi connectivity index (χ4v) is 3.03. The lowest BCUT2D eigenvalue weighted by Crippen LogP contribution is -2.27. The molecule has 1 aliphatic carbocycles. The molecule has 104 valence electrons. The standard InChI is InChI=1S/C12H20N6S/c1-10(2)14-7-8-18-11(15-16-17-18)19-9-12(3-4-12)5-6-13/h10,14H,3-5,7-9H2,1-2H3. The first kappa shape index (κ1) is 14.3. The van der Waals surface area contributed by atoms with Gasteiger partial charge in [-0.3, -0.25) is 0 Å². The van der Waals surface area contributed by atoms with Crippen molar-refractivity contribution in [2.24, 2.45) is 5.41 Å². The Labute approximate surface area is 117 Å². The van der Waals surface area contributed by atoms with Crippen LogP contribution in [0.2, 0.25) is 0 Å². The predicted molar refractivity (Wildman–Crippen MR) is 73.6 cm³/mol. The molecule has 1 heterocycles. The van der Waals surface area contributed by atoms with Crippen molar-refractivity contribution in [1.29, 1.82) is 5.26 Å². The molecule has 1 aliphatic rings. The largest absolute Gasteiger partial charge is 0.313 e. The summed E-state index contributed by atoms with van der Waals surface area (Å²) in [5, 5.41) is 24.8. The van der Waals surface area contributed by atoms with Crippen LogP contribution < -0.4 is 5.32 Å². The Balaban J connectivity index is 1.81. The lowest BCUT2D eigenvalue weighted by Gasteiger charge is -2.11. The number of hydrogen-bond acceptors (Lipinski definition) is 6. The molecule has 1 aromatic rings. The average molecular weight is 280 g/mol. The molecule has 1 saturated carbocycles. The smallest absolute Gasteiger partial charge is 0.209 e. The maximum Gasteiger partial charge on any atom is 0.209 e. The molecule has 1 N–H and O–H groups in total. The highest BCUT2D eigenvalue weighted by Gasteiger charge is 2.42. The van der Waals surface area contributed by atoms with Crippen LogP contribution in [0.25, 0.3) is 0 Å². The molecule has 0 aliphatic heterocycles. The Bertz CT molecular complexity index is 445. The summed E-state index contributed by atoms with van der Waals surface area (Å²) in [5.41, 5.74) is 0.229. The predicted octanol–water partition coefficient (Wildman–Crippen LogP) is 1.46. The Kier molecular flexibility index (Phi) is 4.77. The van der Waals surface area contributed by atoms with Gasteiger partial charge in [-0.15, -0.1) is 5.10 Å². The number of aromatic nitrogens is 4. The third kappa shape index (κ3) is 4.18. The Morgan fingerprint density at radius 1 is 1.53 bits per heavy atom. The van der Waals surface area contributed by atoms with Crippen LogP contribution in [0.5, 0.6) is 0 Å². The van der Waals surface area contributed by atoms with E-state index < -0.39 is 0 Å². The van der Waals surface area contributed by atoms with Crippen molar-refractivity contribution < 1.29 is 0 Å². The summed E-state index contributed by atoms with van der Waals surface area (Å²) < 4.78 is 1.84. The summed E-state index contributed by atoms with van der Waals surface area (Å²) in [6.45, 7) is 5.88. The number of hydrogen-bond donors (Lipinski definition) is 1. The minimum Gasteiger partial charge on any atom is -0.313 e. The molecule has 19 heavy (non-hydrogen) atoms. The first-order chi connectivity index (χ1) is 9.15. The Morgan fingerprint density at radius 3 is 2.95 bits per heavy atom. The minimum atomic E-state index is 0.229. The van der Waals surface area contributed by atoms with Gasteiger partial charge >= 0.3 is 0 Å². The van der Waals surface area contributed by atoms with Crippen LogP contribution in [0, 0.1) is 16.7 Å². The van der Waals surface area contributed by atoms with Gasteiger partial charge in [0.15, 0.2) is 0 Å². The summed E-state index contributed by atoms with van der Waals surface area (Å²) in [6, 6.07) is 2.75. The highest BCUT2D eigenvalue weighted by Crippen LogP contribution is 2.51. The van der Waals surface area contributed by atoms with Crippen molar-refractivity contribution in [3.63, 3.8) is 0 Å². The van der Waals surface area contributed by atoms with E-state index in [1.165, 1.54) is 0 Å². The second kappa shape index (κ2) is 6.35. The first-order valence-electron chi connectivity index (χ1n) is 6.64. The molecular formula is C12H20N6S. The van der Waals surface area contributed by atoms with Crippen LogP contribution in [0.4, 0.5) is 0 Å². The molecule has 0 aromatic carbocycles. The molecule has 0 amide bonds. The second-order valence-corrected chi connectivity index (χ2v) is 6.36. The zero-order valence-electron chi connectivity index (χ0n) is 11.5. The van der Waals surface area contributed by atoms with Crippen molar-refractivity contribution in [2.45, 2.75) is 50.9 Å². The molecule has 2 rings (SSSR count). The van der Waals surface area contributed by atoms with Gasteiger partial charge in [0.1, 0.15) is 0 Å². The minimum absolute atomic E-state index is 0.229. The highest BCUT2D eigenvalue weighted by atomic mass is 32.2. The Hall–Kier alpha value is -1.13. The van der Waals surface area contributed by atoms with E-state index in [4.69, 9.17) is 5.26 Å². The van der Waals surface area contributed by atoms with Crippen molar-refractivity contribution >= 4 is 11.8 Å². The van der Waals surface area contributed by atoms with Crippen molar-refractivity contribution in [3.8, 4) is 6.07 Å². The van der Waals surface area contributed by atoms with E-state index in [1.54, 1.807) is 11.8 Å². The average Bonchev–Trinajstić information content (AvgIpc) is 2.98. The van der Waals surface area contributed by atoms with Crippen LogP contribution in [-0.2, 0) is 6.54 Å². The number of nitriles is 1. The fraction of sp³-hybridized carbons (Fsp3) is 0.833. The van der Waals surface area contributed by atoms with E-state index in [0.29, 0.717) is 12.5 Å². The van der Waals surface area contributed by atoms with Gasteiger partial charge in [0.25, 0.3) is 0 Å². The number of rotatable bonds is 8. The molecular weight excluding hydrogens is 260 g/mol. The van der Waals surface area contributed by atoms with Crippen molar-refractivity contribution in [3.05, 3.63) is 0 Å². The third-order valence-electron chi connectivity index (χ3n) is 3.29. The summed E-state index contributed by atoms with van der Waals surface area (Å²) in [5.74, 6) is 0.943. The van der Waals surface area contributed by atoms with Gasteiger partial charge in [0.2, 0.25) is 5.16 Å². The van der Waals surface area contributed by atoms with E-state index in [0.717, 1.165) is 36.8 Å². The molecule has 0 saturated heterocycles. The highest BCUT2D eigenvalue weighted by molar-refractivity contribution is 7.99. The summed E-state index contributed by atoms with van der Waals surface area (Å²) in [4.78, 5) is 0. The molecule has 0 unspecified atom stereocenters. The summed E-state index contributed by atoms with van der Waals surface area (Å²) in [6.07, 6.45) is 2.96. The van der Waals surface area contributed by atoms with Gasteiger partial charge in [-0.1, -0.05) is 25.6 Å². The quantitative estimate of drug-likeness (QED) is 0.726. The third-order valence-corrected chi connectivity index (χ3v) is 4.60. The number of tetrazole rings is 1. The second-order valence-electron chi connectivity index (χ2n) is 5.42. The number of nitrogens with zero attached hydrogens (tertiary/aromatic N) is 5. The lowest BCUT2D eigenvalue weighted by molar-refractivity contribution is 0.484. The molecule has 0 radical (unpaired) electrons. The Morgan fingerprint density at radius 2 is 2.32 bits per heavy atom. The SMILES string of the molecule is CC(C)NCCn1nnnc1SCC1(CC#N)CC1. The van der Waals surface area contributed by atoms with E-state index in [2.05, 4.69) is 40.8 Å². The molecule has 6 nitrogen and oxygen atoms in total. The maximum absolute atomic E-state index is 8.81. The molecule has 0 bridgehead atoms. The van der Waals surface area contributed by atoms with Crippen LogP contribution in [0.1, 0.15) is 33.1 Å². The first-order valence-corrected chi connectivity index (χ1v) is 7.63. The zero-order valence-corrected chi connectivity index (χ0v) is 12.3. The van der Waals surface area contributed by atoms with Crippen LogP contribution in [0.15, 0.2) is 5.16 Å².